The van der Waals surface area contributed by atoms with Crippen LogP contribution in [0.1, 0.15) is 32.3 Å². The Hall–Kier alpha value is -1.02. The van der Waals surface area contributed by atoms with E-state index < -0.39 is 0 Å². The van der Waals surface area contributed by atoms with Gasteiger partial charge in [-0.3, -0.25) is 0 Å². The van der Waals surface area contributed by atoms with Crippen LogP contribution in [0.4, 0.5) is 5.69 Å². The van der Waals surface area contributed by atoms with Crippen LogP contribution >= 0.6 is 0 Å². The summed E-state index contributed by atoms with van der Waals surface area (Å²) in [6.07, 6.45) is 3.74. The quantitative estimate of drug-likeness (QED) is 0.876. The summed E-state index contributed by atoms with van der Waals surface area (Å²) < 4.78 is 0. The van der Waals surface area contributed by atoms with Crippen LogP contribution in [0.25, 0.3) is 0 Å². The molecule has 1 fully saturated rings. The molecule has 1 aromatic rings. The molecule has 1 saturated heterocycles. The van der Waals surface area contributed by atoms with E-state index in [-0.39, 0.29) is 0 Å². The van der Waals surface area contributed by atoms with E-state index >= 15 is 0 Å². The molecule has 0 saturated carbocycles. The minimum atomic E-state index is 0.575. The normalized spacial score (nSPS) is 19.7. The Balaban J connectivity index is 1.91. The molecule has 1 aromatic carbocycles. The first kappa shape index (κ1) is 13.4. The molecule has 0 aromatic heterocycles. The number of nitrogens with zero attached hydrogens (tertiary/aromatic N) is 1. The van der Waals surface area contributed by atoms with E-state index in [1.165, 1.54) is 37.2 Å². The average molecular weight is 246 g/mol. The van der Waals surface area contributed by atoms with Gasteiger partial charge in [-0.1, -0.05) is 19.1 Å². The summed E-state index contributed by atoms with van der Waals surface area (Å²) in [5.74, 6) is 0.812. The van der Waals surface area contributed by atoms with Gasteiger partial charge in [-0.05, 0) is 69.9 Å². The lowest BCUT2D eigenvalue weighted by molar-refractivity contribution is 0.208. The van der Waals surface area contributed by atoms with E-state index in [2.05, 4.69) is 55.4 Å². The molecule has 0 radical (unpaired) electrons. The first-order valence-electron chi connectivity index (χ1n) is 7.23. The molecule has 1 unspecified atom stereocenters. The molecule has 2 heteroatoms. The van der Waals surface area contributed by atoms with E-state index in [1.807, 2.05) is 0 Å². The fourth-order valence-corrected chi connectivity index (χ4v) is 2.79. The van der Waals surface area contributed by atoms with Gasteiger partial charge in [-0.25, -0.2) is 0 Å². The fraction of sp³-hybridized carbons (Fsp3) is 0.625. The number of aryl methyl sites for hydroxylation is 1. The Morgan fingerprint density at radius 2 is 2.06 bits per heavy atom. The van der Waals surface area contributed by atoms with Crippen molar-refractivity contribution in [3.63, 3.8) is 0 Å². The number of anilines is 1. The SMILES string of the molecule is CCc1cccc(NC(C)C2CCN(C)CC2)c1. The summed E-state index contributed by atoms with van der Waals surface area (Å²) in [7, 11) is 2.22. The van der Waals surface area contributed by atoms with E-state index in [9.17, 15) is 0 Å². The number of piperidine rings is 1. The Morgan fingerprint density at radius 1 is 1.33 bits per heavy atom. The minimum Gasteiger partial charge on any atom is -0.382 e. The summed E-state index contributed by atoms with van der Waals surface area (Å²) in [6, 6.07) is 9.40. The van der Waals surface area contributed by atoms with Crippen LogP contribution in [0, 0.1) is 5.92 Å². The molecule has 0 spiro atoms. The van der Waals surface area contributed by atoms with E-state index in [1.54, 1.807) is 0 Å². The molecular weight excluding hydrogens is 220 g/mol. The van der Waals surface area contributed by atoms with Crippen LogP contribution in [0.3, 0.4) is 0 Å². The lowest BCUT2D eigenvalue weighted by Crippen LogP contribution is -2.37. The molecule has 100 valence electrons. The van der Waals surface area contributed by atoms with Gasteiger partial charge >= 0.3 is 0 Å². The fourth-order valence-electron chi connectivity index (χ4n) is 2.79. The molecule has 2 nitrogen and oxygen atoms in total. The molecular formula is C16H26N2. The molecule has 0 aliphatic carbocycles. The van der Waals surface area contributed by atoms with Crippen molar-refractivity contribution in [1.29, 1.82) is 0 Å². The van der Waals surface area contributed by atoms with Crippen molar-refractivity contribution in [2.75, 3.05) is 25.5 Å². The number of rotatable bonds is 4. The second-order valence-corrected chi connectivity index (χ2v) is 5.63. The maximum atomic E-state index is 3.68. The molecule has 2 rings (SSSR count). The lowest BCUT2D eigenvalue weighted by Gasteiger charge is -2.33. The van der Waals surface area contributed by atoms with Crippen LogP contribution in [-0.2, 0) is 6.42 Å². The highest BCUT2D eigenvalue weighted by Crippen LogP contribution is 2.23. The van der Waals surface area contributed by atoms with E-state index in [0.717, 1.165) is 12.3 Å². The maximum absolute atomic E-state index is 3.68. The zero-order valence-corrected chi connectivity index (χ0v) is 11.9. The predicted octanol–water partition coefficient (Wildman–Crippen LogP) is 3.39. The Kier molecular flexibility index (Phi) is 4.65. The first-order valence-corrected chi connectivity index (χ1v) is 7.23. The topological polar surface area (TPSA) is 15.3 Å². The van der Waals surface area contributed by atoms with Crippen LogP contribution in [0.2, 0.25) is 0 Å². The van der Waals surface area contributed by atoms with Crippen molar-refractivity contribution >= 4 is 5.69 Å². The lowest BCUT2D eigenvalue weighted by atomic mass is 9.90. The molecule has 18 heavy (non-hydrogen) atoms. The summed E-state index contributed by atoms with van der Waals surface area (Å²) in [5.41, 5.74) is 2.69. The Labute approximate surface area is 111 Å². The molecule has 1 heterocycles. The van der Waals surface area contributed by atoms with Crippen molar-refractivity contribution in [2.24, 2.45) is 5.92 Å². The highest BCUT2D eigenvalue weighted by Gasteiger charge is 2.21. The van der Waals surface area contributed by atoms with Gasteiger partial charge in [0.15, 0.2) is 0 Å². The van der Waals surface area contributed by atoms with Crippen LogP contribution in [-0.4, -0.2) is 31.1 Å². The summed E-state index contributed by atoms with van der Waals surface area (Å²) in [4.78, 5) is 2.43. The van der Waals surface area contributed by atoms with Gasteiger partial charge in [0.1, 0.15) is 0 Å². The van der Waals surface area contributed by atoms with Gasteiger partial charge in [0.05, 0.1) is 0 Å². The van der Waals surface area contributed by atoms with Gasteiger partial charge in [0.25, 0.3) is 0 Å². The second kappa shape index (κ2) is 6.24. The summed E-state index contributed by atoms with van der Waals surface area (Å²) >= 11 is 0. The molecule has 1 atom stereocenters. The molecule has 0 amide bonds. The third-order valence-corrected chi connectivity index (χ3v) is 4.20. The first-order chi connectivity index (χ1) is 8.69. The largest absolute Gasteiger partial charge is 0.382 e. The smallest absolute Gasteiger partial charge is 0.0345 e. The zero-order valence-electron chi connectivity index (χ0n) is 11.9. The molecule has 1 N–H and O–H groups in total. The highest BCUT2D eigenvalue weighted by molar-refractivity contribution is 5.46. The van der Waals surface area contributed by atoms with Gasteiger partial charge < -0.3 is 10.2 Å². The molecule has 1 aliphatic heterocycles. The maximum Gasteiger partial charge on any atom is 0.0345 e. The zero-order chi connectivity index (χ0) is 13.0. The van der Waals surface area contributed by atoms with E-state index in [0.29, 0.717) is 6.04 Å². The van der Waals surface area contributed by atoms with Gasteiger partial charge in [-0.15, -0.1) is 0 Å². The van der Waals surface area contributed by atoms with Crippen molar-refractivity contribution in [3.05, 3.63) is 29.8 Å². The van der Waals surface area contributed by atoms with Crippen LogP contribution < -0.4 is 5.32 Å². The highest BCUT2D eigenvalue weighted by atomic mass is 15.1. The second-order valence-electron chi connectivity index (χ2n) is 5.63. The Morgan fingerprint density at radius 3 is 2.72 bits per heavy atom. The van der Waals surface area contributed by atoms with Crippen molar-refractivity contribution in [2.45, 2.75) is 39.2 Å². The minimum absolute atomic E-state index is 0.575. The summed E-state index contributed by atoms with van der Waals surface area (Å²) in [5, 5.41) is 3.68. The number of benzene rings is 1. The van der Waals surface area contributed by atoms with E-state index in [4.69, 9.17) is 0 Å². The molecule has 0 bridgehead atoms. The Bertz CT molecular complexity index is 367. The van der Waals surface area contributed by atoms with Gasteiger partial charge in [0, 0.05) is 11.7 Å². The van der Waals surface area contributed by atoms with Crippen molar-refractivity contribution < 1.29 is 0 Å². The number of hydrogen-bond donors (Lipinski definition) is 1. The monoisotopic (exact) mass is 246 g/mol. The number of hydrogen-bond acceptors (Lipinski definition) is 2. The van der Waals surface area contributed by atoms with Crippen LogP contribution in [0.5, 0.6) is 0 Å². The third kappa shape index (κ3) is 3.49. The predicted molar refractivity (Wildman–Crippen MR) is 79.1 cm³/mol. The average Bonchev–Trinajstić information content (AvgIpc) is 2.39. The third-order valence-electron chi connectivity index (χ3n) is 4.20. The van der Waals surface area contributed by atoms with Gasteiger partial charge in [0.2, 0.25) is 0 Å². The van der Waals surface area contributed by atoms with Crippen LogP contribution in [0.15, 0.2) is 24.3 Å². The van der Waals surface area contributed by atoms with Crippen molar-refractivity contribution in [3.8, 4) is 0 Å². The van der Waals surface area contributed by atoms with Gasteiger partial charge in [-0.2, -0.15) is 0 Å². The standard InChI is InChI=1S/C16H26N2/c1-4-14-6-5-7-16(12-14)17-13(2)15-8-10-18(3)11-9-15/h5-7,12-13,15,17H,4,8-11H2,1-3H3. The number of likely N-dealkylation sites (tertiary alicyclic amines) is 1. The number of nitrogens with one attached hydrogen (secondary N) is 1. The summed E-state index contributed by atoms with van der Waals surface area (Å²) in [6.45, 7) is 7.02. The van der Waals surface area contributed by atoms with Crippen molar-refractivity contribution in [1.82, 2.24) is 4.90 Å². The molecule has 1 aliphatic rings.